The fourth-order valence-electron chi connectivity index (χ4n) is 6.78. The minimum absolute atomic E-state index is 0.191. The van der Waals surface area contributed by atoms with Crippen molar-refractivity contribution in [3.63, 3.8) is 0 Å². The van der Waals surface area contributed by atoms with E-state index in [9.17, 15) is 9.59 Å². The molecule has 0 saturated carbocycles. The molecule has 0 spiro atoms. The summed E-state index contributed by atoms with van der Waals surface area (Å²) in [6.45, 7) is 20.5. The molecule has 2 aromatic heterocycles. The predicted octanol–water partition coefficient (Wildman–Crippen LogP) is 7.72. The zero-order valence-corrected chi connectivity index (χ0v) is 30.7. The molecule has 8 rings (SSSR count). The molecule has 4 aliphatic rings. The lowest BCUT2D eigenvalue weighted by molar-refractivity contribution is 0.101. The summed E-state index contributed by atoms with van der Waals surface area (Å²) in [5.41, 5.74) is 9.39. The minimum Gasteiger partial charge on any atom is -0.442 e. The van der Waals surface area contributed by atoms with E-state index in [-0.39, 0.29) is 11.8 Å². The highest BCUT2D eigenvalue weighted by molar-refractivity contribution is 6.21. The van der Waals surface area contributed by atoms with Crippen LogP contribution < -0.4 is 10.6 Å². The van der Waals surface area contributed by atoms with E-state index < -0.39 is 0 Å². The molecule has 2 amide bonds. The SMILES string of the molecule is CC.Cc1cc(C)c(NC(=O)c2c(C)oc3c2C2=NCCN2C=N3)c(C)c1.Cc1cccc(C)c1NC(=O)c1c(C)oc2c1C1=NCCN1C=N2. The molecular formula is C39H44N8O4. The van der Waals surface area contributed by atoms with Crippen molar-refractivity contribution >= 4 is 59.3 Å². The number of para-hydroxylation sites is 1. The van der Waals surface area contributed by atoms with Gasteiger partial charge in [0.25, 0.3) is 11.8 Å². The van der Waals surface area contributed by atoms with Crippen LogP contribution in [0.5, 0.6) is 0 Å². The van der Waals surface area contributed by atoms with Gasteiger partial charge in [-0.15, -0.1) is 0 Å². The quantitative estimate of drug-likeness (QED) is 0.225. The molecule has 0 saturated heterocycles. The molecule has 6 heterocycles. The lowest BCUT2D eigenvalue weighted by atomic mass is 10.0. The van der Waals surface area contributed by atoms with E-state index in [0.717, 1.165) is 58.4 Å². The van der Waals surface area contributed by atoms with Gasteiger partial charge in [-0.1, -0.05) is 49.7 Å². The summed E-state index contributed by atoms with van der Waals surface area (Å²) in [5, 5.41) is 6.08. The van der Waals surface area contributed by atoms with Crippen LogP contribution in [-0.4, -0.2) is 72.1 Å². The van der Waals surface area contributed by atoms with E-state index in [2.05, 4.69) is 42.7 Å². The molecule has 0 fully saturated rings. The zero-order valence-electron chi connectivity index (χ0n) is 30.7. The largest absolute Gasteiger partial charge is 0.442 e. The van der Waals surface area contributed by atoms with Crippen molar-refractivity contribution < 1.29 is 18.4 Å². The second-order valence-electron chi connectivity index (χ2n) is 12.7. The Morgan fingerprint density at radius 2 is 1.06 bits per heavy atom. The Morgan fingerprint density at radius 3 is 1.49 bits per heavy atom. The molecule has 2 aromatic carbocycles. The maximum Gasteiger partial charge on any atom is 0.260 e. The number of aryl methyl sites for hydroxylation is 7. The molecule has 0 aliphatic carbocycles. The average molecular weight is 689 g/mol. The van der Waals surface area contributed by atoms with Gasteiger partial charge in [0.2, 0.25) is 11.8 Å². The van der Waals surface area contributed by atoms with E-state index in [4.69, 9.17) is 8.83 Å². The van der Waals surface area contributed by atoms with Crippen LogP contribution in [0.4, 0.5) is 23.1 Å². The molecule has 12 nitrogen and oxygen atoms in total. The van der Waals surface area contributed by atoms with Gasteiger partial charge in [-0.05, 0) is 70.7 Å². The number of aliphatic imine (C=N–C) groups is 4. The summed E-state index contributed by atoms with van der Waals surface area (Å²) >= 11 is 0. The Bertz CT molecular complexity index is 2120. The van der Waals surface area contributed by atoms with Crippen molar-refractivity contribution in [3.8, 4) is 0 Å². The molecular weight excluding hydrogens is 644 g/mol. The molecule has 4 aliphatic heterocycles. The molecule has 51 heavy (non-hydrogen) atoms. The van der Waals surface area contributed by atoms with Crippen LogP contribution in [0.3, 0.4) is 0 Å². The number of carbonyl (C=O) groups is 2. The number of anilines is 2. The summed E-state index contributed by atoms with van der Waals surface area (Å²) in [6.07, 6.45) is 3.43. The minimum atomic E-state index is -0.193. The third-order valence-electron chi connectivity index (χ3n) is 9.05. The van der Waals surface area contributed by atoms with Gasteiger partial charge < -0.3 is 29.3 Å². The first kappa shape index (κ1) is 35.1. The van der Waals surface area contributed by atoms with E-state index in [1.807, 2.05) is 76.5 Å². The standard InChI is InChI=1S/C19H20N4O2.C18H18N4O2.C2H6/c1-10-7-11(2)16(12(3)8-10)22-18(24)14-13(4)25-19-15(14)17-20-5-6-23(17)9-21-19;1-10-5-4-6-11(2)15(10)21-17(23)13-12(3)24-18-14(13)16-19-7-8-22(16)9-20-18;1-2/h7-9H,5-6H2,1-4H3,(H,22,24);4-6,9H,7-8H2,1-3H3,(H,21,23);1-2H3. The molecule has 0 atom stereocenters. The summed E-state index contributed by atoms with van der Waals surface area (Å²) < 4.78 is 11.4. The number of carbonyl (C=O) groups excluding carboxylic acids is 2. The van der Waals surface area contributed by atoms with Crippen LogP contribution in [0.2, 0.25) is 0 Å². The monoisotopic (exact) mass is 688 g/mol. The maximum atomic E-state index is 13.0. The van der Waals surface area contributed by atoms with Crippen LogP contribution in [0, 0.1) is 48.5 Å². The van der Waals surface area contributed by atoms with E-state index in [1.54, 1.807) is 26.5 Å². The lowest BCUT2D eigenvalue weighted by Crippen LogP contribution is -2.30. The first-order valence-electron chi connectivity index (χ1n) is 17.3. The van der Waals surface area contributed by atoms with Crippen LogP contribution in [0.15, 0.2) is 59.1 Å². The first-order valence-corrected chi connectivity index (χ1v) is 17.3. The molecule has 2 N–H and O–H groups in total. The number of nitrogens with one attached hydrogen (secondary N) is 2. The molecule has 0 radical (unpaired) electrons. The number of amides is 2. The summed E-state index contributed by atoms with van der Waals surface area (Å²) in [6, 6.07) is 10.1. The van der Waals surface area contributed by atoms with Crippen LogP contribution >= 0.6 is 0 Å². The van der Waals surface area contributed by atoms with Crippen molar-refractivity contribution in [1.29, 1.82) is 0 Å². The van der Waals surface area contributed by atoms with E-state index >= 15 is 0 Å². The van der Waals surface area contributed by atoms with Crippen molar-refractivity contribution in [3.05, 3.63) is 91.9 Å². The Kier molecular flexibility index (Phi) is 9.77. The van der Waals surface area contributed by atoms with E-state index in [1.165, 1.54) is 5.56 Å². The van der Waals surface area contributed by atoms with Crippen molar-refractivity contribution in [2.45, 2.75) is 62.3 Å². The number of amidine groups is 2. The zero-order chi connectivity index (χ0) is 36.6. The van der Waals surface area contributed by atoms with Crippen LogP contribution in [-0.2, 0) is 0 Å². The predicted molar refractivity (Wildman–Crippen MR) is 203 cm³/mol. The summed E-state index contributed by atoms with van der Waals surface area (Å²) in [7, 11) is 0. The normalized spacial score (nSPS) is 14.6. The highest BCUT2D eigenvalue weighted by Crippen LogP contribution is 2.36. The Hall–Kier alpha value is -5.78. The van der Waals surface area contributed by atoms with Gasteiger partial charge >= 0.3 is 0 Å². The smallest absolute Gasteiger partial charge is 0.260 e. The third kappa shape index (κ3) is 6.49. The Morgan fingerprint density at radius 1 is 0.647 bits per heavy atom. The Labute approximate surface area is 298 Å². The van der Waals surface area contributed by atoms with Gasteiger partial charge in [0.1, 0.15) is 35.9 Å². The molecule has 264 valence electrons. The molecule has 12 heteroatoms. The number of nitrogens with zero attached hydrogens (tertiary/aromatic N) is 6. The first-order chi connectivity index (χ1) is 24.5. The number of rotatable bonds is 4. The number of benzene rings is 2. The van der Waals surface area contributed by atoms with Gasteiger partial charge in [-0.3, -0.25) is 19.6 Å². The van der Waals surface area contributed by atoms with Gasteiger partial charge in [0.05, 0.1) is 35.3 Å². The molecule has 0 unspecified atom stereocenters. The van der Waals surface area contributed by atoms with Gasteiger partial charge in [0, 0.05) is 24.5 Å². The second-order valence-corrected chi connectivity index (χ2v) is 12.7. The van der Waals surface area contributed by atoms with Crippen molar-refractivity contribution in [2.24, 2.45) is 20.0 Å². The summed E-state index contributed by atoms with van der Waals surface area (Å²) in [4.78, 5) is 47.6. The number of fused-ring (bicyclic) bond motifs is 6. The van der Waals surface area contributed by atoms with E-state index in [0.29, 0.717) is 58.6 Å². The number of furan rings is 2. The fourth-order valence-corrected chi connectivity index (χ4v) is 6.78. The maximum absolute atomic E-state index is 13.0. The number of hydrogen-bond donors (Lipinski definition) is 2. The topological polar surface area (TPSA) is 140 Å². The fraction of sp³-hybridized carbons (Fsp3) is 0.333. The van der Waals surface area contributed by atoms with Gasteiger partial charge in [-0.25, -0.2) is 9.98 Å². The third-order valence-corrected chi connectivity index (χ3v) is 9.05. The van der Waals surface area contributed by atoms with Gasteiger partial charge in [-0.2, -0.15) is 0 Å². The van der Waals surface area contributed by atoms with Crippen molar-refractivity contribution in [1.82, 2.24) is 9.80 Å². The number of hydrogen-bond acceptors (Lipinski definition) is 10. The second kappa shape index (κ2) is 14.2. The van der Waals surface area contributed by atoms with Gasteiger partial charge in [0.15, 0.2) is 0 Å². The Balaban J connectivity index is 0.000000168. The van der Waals surface area contributed by atoms with Crippen molar-refractivity contribution in [2.75, 3.05) is 36.8 Å². The molecule has 4 aromatic rings. The lowest BCUT2D eigenvalue weighted by Gasteiger charge is -2.18. The highest BCUT2D eigenvalue weighted by Gasteiger charge is 2.35. The highest BCUT2D eigenvalue weighted by atomic mass is 16.4. The summed E-state index contributed by atoms with van der Waals surface area (Å²) in [5.74, 6) is 3.17. The van der Waals surface area contributed by atoms with Crippen LogP contribution in [0.1, 0.15) is 85.0 Å². The average Bonchev–Trinajstić information content (AvgIpc) is 3.89. The van der Waals surface area contributed by atoms with Crippen LogP contribution in [0.25, 0.3) is 0 Å². The molecule has 0 bridgehead atoms.